The Kier molecular flexibility index (Phi) is 3.15. The number of fused-ring (bicyclic) bond motifs is 1. The summed E-state index contributed by atoms with van der Waals surface area (Å²) in [6.45, 7) is 0. The highest BCUT2D eigenvalue weighted by Crippen LogP contribution is 2.05. The van der Waals surface area contributed by atoms with Crippen LogP contribution in [0.1, 0.15) is 0 Å². The highest BCUT2D eigenvalue weighted by atomic mass is 32.3. The summed E-state index contributed by atoms with van der Waals surface area (Å²) in [6, 6.07) is 7.94. The Morgan fingerprint density at radius 1 is 1.36 bits per heavy atom. The van der Waals surface area contributed by atoms with Crippen LogP contribution in [-0.4, -0.2) is 18.4 Å². The van der Waals surface area contributed by atoms with E-state index in [4.69, 9.17) is 8.42 Å². The van der Waals surface area contributed by atoms with Crippen LogP contribution >= 0.6 is 0 Å². The van der Waals surface area contributed by atoms with Crippen LogP contribution in [0.4, 0.5) is 3.89 Å². The number of aromatic nitrogens is 2. The minimum absolute atomic E-state index is 1.03. The van der Waals surface area contributed by atoms with Gasteiger partial charge in [0.2, 0.25) is 0 Å². The molecule has 2 aromatic rings. The van der Waals surface area contributed by atoms with Gasteiger partial charge >= 0.3 is 10.4 Å². The summed E-state index contributed by atoms with van der Waals surface area (Å²) >= 11 is 0. The molecule has 5 nitrogen and oxygen atoms in total. The van der Waals surface area contributed by atoms with Gasteiger partial charge in [-0.2, -0.15) is 8.42 Å². The summed E-state index contributed by atoms with van der Waals surface area (Å²) in [5.74, 6) is 0. The van der Waals surface area contributed by atoms with Crippen molar-refractivity contribution in [3.05, 3.63) is 30.6 Å². The van der Waals surface area contributed by atoms with Crippen LogP contribution in [0.3, 0.4) is 0 Å². The molecule has 1 aromatic carbocycles. The maximum absolute atomic E-state index is 10.4. The second kappa shape index (κ2) is 4.16. The van der Waals surface area contributed by atoms with Gasteiger partial charge in [0.15, 0.2) is 0 Å². The number of imidazole rings is 1. The van der Waals surface area contributed by atoms with E-state index in [0.29, 0.717) is 0 Å². The molecule has 0 spiro atoms. The third-order valence-corrected chi connectivity index (χ3v) is 1.33. The fraction of sp³-hybridized carbons (Fsp3) is 0. The fourth-order valence-electron chi connectivity index (χ4n) is 0.880. The summed E-state index contributed by atoms with van der Waals surface area (Å²) < 4.78 is 27.9. The van der Waals surface area contributed by atoms with Crippen molar-refractivity contribution in [1.82, 2.24) is 9.97 Å². The zero-order valence-corrected chi connectivity index (χ0v) is 7.83. The number of nitrogens with two attached hydrogens (primary N) is 1. The van der Waals surface area contributed by atoms with Gasteiger partial charge < -0.3 is 4.98 Å². The van der Waals surface area contributed by atoms with Crippen molar-refractivity contribution >= 4 is 21.4 Å². The van der Waals surface area contributed by atoms with Crippen molar-refractivity contribution in [1.29, 1.82) is 0 Å². The summed E-state index contributed by atoms with van der Waals surface area (Å²) in [4.78, 5) is 7.07. The molecule has 3 N–H and O–H groups in total. The standard InChI is InChI=1S/C7H6N2.FH2NO2S/c1-2-4-7-6(3-1)8-5-9-7;1-5(2,3)4/h1-5H,(H,8,9);(H2,2,3,4). The molecule has 0 amide bonds. The lowest BCUT2D eigenvalue weighted by molar-refractivity contribution is 0.554. The average molecular weight is 217 g/mol. The first-order valence-electron chi connectivity index (χ1n) is 3.57. The zero-order valence-electron chi connectivity index (χ0n) is 7.01. The highest BCUT2D eigenvalue weighted by molar-refractivity contribution is 7.83. The second-order valence-electron chi connectivity index (χ2n) is 2.40. The third kappa shape index (κ3) is 3.97. The SMILES string of the molecule is NS(=O)(=O)F.c1ccc2[nH]cnc2c1. The summed E-state index contributed by atoms with van der Waals surface area (Å²) in [6.07, 6.45) is 1.70. The first-order valence-corrected chi connectivity index (χ1v) is 5.02. The topological polar surface area (TPSA) is 88.8 Å². The van der Waals surface area contributed by atoms with Gasteiger partial charge in [-0.25, -0.2) is 10.1 Å². The number of rotatable bonds is 0. The summed E-state index contributed by atoms with van der Waals surface area (Å²) in [5.41, 5.74) is 2.12. The van der Waals surface area contributed by atoms with Gasteiger partial charge in [-0.05, 0) is 12.1 Å². The van der Waals surface area contributed by atoms with Crippen molar-refractivity contribution in [3.63, 3.8) is 0 Å². The van der Waals surface area contributed by atoms with Crippen LogP contribution in [0.2, 0.25) is 0 Å². The van der Waals surface area contributed by atoms with Gasteiger partial charge in [0.1, 0.15) is 0 Å². The molecular weight excluding hydrogens is 209 g/mol. The van der Waals surface area contributed by atoms with Gasteiger partial charge in [0.25, 0.3) is 0 Å². The number of para-hydroxylation sites is 2. The number of halogens is 1. The molecule has 76 valence electrons. The van der Waals surface area contributed by atoms with Gasteiger partial charge in [-0.15, -0.1) is 0 Å². The number of H-pyrrole nitrogens is 1. The molecule has 0 fully saturated rings. The van der Waals surface area contributed by atoms with Gasteiger partial charge in [0, 0.05) is 0 Å². The molecule has 0 unspecified atom stereocenters. The average Bonchev–Trinajstić information content (AvgIpc) is 2.47. The predicted molar refractivity (Wildman–Crippen MR) is 50.3 cm³/mol. The first kappa shape index (κ1) is 10.6. The highest BCUT2D eigenvalue weighted by Gasteiger charge is 1.88. The maximum Gasteiger partial charge on any atom is 0.369 e. The number of nitrogens with zero attached hydrogens (tertiary/aromatic N) is 1. The molecule has 14 heavy (non-hydrogen) atoms. The Balaban J connectivity index is 0.000000171. The quantitative estimate of drug-likeness (QED) is 0.637. The molecule has 0 aliphatic carbocycles. The zero-order chi connectivity index (χ0) is 10.6. The van der Waals surface area contributed by atoms with E-state index in [0.717, 1.165) is 11.0 Å². The van der Waals surface area contributed by atoms with Crippen molar-refractivity contribution in [2.75, 3.05) is 0 Å². The van der Waals surface area contributed by atoms with Crippen LogP contribution in [0.15, 0.2) is 30.6 Å². The molecule has 0 bridgehead atoms. The number of aromatic amines is 1. The fourth-order valence-corrected chi connectivity index (χ4v) is 0.880. The number of nitrogens with one attached hydrogen (secondary N) is 1. The molecule has 2 rings (SSSR count). The van der Waals surface area contributed by atoms with Gasteiger partial charge in [-0.1, -0.05) is 16.0 Å². The predicted octanol–water partition coefficient (Wildman–Crippen LogP) is 0.722. The Bertz CT molecular complexity index is 470. The lowest BCUT2D eigenvalue weighted by atomic mass is 10.3. The molecule has 7 heteroatoms. The minimum Gasteiger partial charge on any atom is -0.345 e. The normalized spacial score (nSPS) is 10.7. The monoisotopic (exact) mass is 217 g/mol. The lowest BCUT2D eigenvalue weighted by Crippen LogP contribution is -2.01. The van der Waals surface area contributed by atoms with Crippen molar-refractivity contribution < 1.29 is 12.3 Å². The number of benzene rings is 1. The minimum atomic E-state index is -4.67. The van der Waals surface area contributed by atoms with Crippen molar-refractivity contribution in [2.24, 2.45) is 5.14 Å². The van der Waals surface area contributed by atoms with E-state index in [1.807, 2.05) is 24.3 Å². The van der Waals surface area contributed by atoms with Gasteiger partial charge in [-0.3, -0.25) is 0 Å². The molecule has 0 saturated carbocycles. The number of hydrogen-bond donors (Lipinski definition) is 2. The molecule has 0 aliphatic rings. The number of hydrogen-bond acceptors (Lipinski definition) is 3. The Morgan fingerprint density at radius 2 is 1.93 bits per heavy atom. The van der Waals surface area contributed by atoms with Crippen LogP contribution in [-0.2, 0) is 10.4 Å². The molecular formula is C7H8FN3O2S. The Hall–Kier alpha value is -1.47. The Morgan fingerprint density at radius 3 is 2.50 bits per heavy atom. The molecule has 1 aromatic heterocycles. The van der Waals surface area contributed by atoms with E-state index in [9.17, 15) is 3.89 Å². The van der Waals surface area contributed by atoms with E-state index in [1.165, 1.54) is 0 Å². The Labute approximate surface area is 80.1 Å². The molecule has 0 aliphatic heterocycles. The molecule has 0 atom stereocenters. The third-order valence-electron chi connectivity index (χ3n) is 1.33. The van der Waals surface area contributed by atoms with Crippen LogP contribution < -0.4 is 5.14 Å². The largest absolute Gasteiger partial charge is 0.369 e. The van der Waals surface area contributed by atoms with Crippen molar-refractivity contribution in [2.45, 2.75) is 0 Å². The summed E-state index contributed by atoms with van der Waals surface area (Å²) in [5, 5.41) is 3.66. The van der Waals surface area contributed by atoms with E-state index >= 15 is 0 Å². The van der Waals surface area contributed by atoms with Crippen LogP contribution in [0.25, 0.3) is 11.0 Å². The second-order valence-corrected chi connectivity index (χ2v) is 3.35. The van der Waals surface area contributed by atoms with E-state index in [-0.39, 0.29) is 0 Å². The van der Waals surface area contributed by atoms with E-state index < -0.39 is 10.4 Å². The molecule has 0 radical (unpaired) electrons. The van der Waals surface area contributed by atoms with Crippen LogP contribution in [0.5, 0.6) is 0 Å². The van der Waals surface area contributed by atoms with Gasteiger partial charge in [0.05, 0.1) is 17.4 Å². The van der Waals surface area contributed by atoms with E-state index in [1.54, 1.807) is 6.33 Å². The van der Waals surface area contributed by atoms with Crippen LogP contribution in [0, 0.1) is 0 Å². The smallest absolute Gasteiger partial charge is 0.345 e. The molecule has 0 saturated heterocycles. The lowest BCUT2D eigenvalue weighted by Gasteiger charge is -1.81. The molecule has 1 heterocycles. The maximum atomic E-state index is 10.4. The first-order chi connectivity index (χ1) is 6.47. The van der Waals surface area contributed by atoms with E-state index in [2.05, 4.69) is 15.1 Å². The van der Waals surface area contributed by atoms with Crippen molar-refractivity contribution in [3.8, 4) is 0 Å². The summed E-state index contributed by atoms with van der Waals surface area (Å²) in [7, 11) is -4.67.